The second kappa shape index (κ2) is 7.86. The second-order valence-electron chi connectivity index (χ2n) is 6.05. The van der Waals surface area contributed by atoms with Crippen LogP contribution in [-0.4, -0.2) is 23.7 Å². The van der Waals surface area contributed by atoms with Gasteiger partial charge in [-0.3, -0.25) is 0 Å². The van der Waals surface area contributed by atoms with Gasteiger partial charge in [0.05, 0.1) is 18.2 Å². The Bertz CT molecular complexity index is 808. The largest absolute Gasteiger partial charge is 0.493 e. The number of hydrogen-bond donors (Lipinski definition) is 3. The number of carbonyl (C=O) groups is 2. The first-order chi connectivity index (χ1) is 12.5. The zero-order chi connectivity index (χ0) is 18.5. The highest BCUT2D eigenvalue weighted by molar-refractivity contribution is 5.87. The summed E-state index contributed by atoms with van der Waals surface area (Å²) in [6, 6.07) is 9.99. The highest BCUT2D eigenvalue weighted by Gasteiger charge is 2.21. The first-order valence-electron chi connectivity index (χ1n) is 8.32. The van der Waals surface area contributed by atoms with Crippen LogP contribution in [0, 0.1) is 5.82 Å². The van der Waals surface area contributed by atoms with Gasteiger partial charge in [0.25, 0.3) is 0 Å². The number of rotatable bonds is 4. The van der Waals surface area contributed by atoms with Crippen molar-refractivity contribution in [3.63, 3.8) is 0 Å². The minimum Gasteiger partial charge on any atom is -0.493 e. The van der Waals surface area contributed by atoms with Crippen LogP contribution < -0.4 is 15.4 Å². The fourth-order valence-electron chi connectivity index (χ4n) is 2.85. The molecular weight excluding hydrogens is 339 g/mol. The average molecular weight is 358 g/mol. The molecule has 1 atom stereocenters. The van der Waals surface area contributed by atoms with Crippen LogP contribution in [0.4, 0.5) is 9.18 Å². The summed E-state index contributed by atoms with van der Waals surface area (Å²) >= 11 is 0. The Morgan fingerprint density at radius 2 is 1.96 bits per heavy atom. The van der Waals surface area contributed by atoms with Gasteiger partial charge < -0.3 is 20.5 Å². The average Bonchev–Trinajstić information content (AvgIpc) is 2.82. The van der Waals surface area contributed by atoms with Crippen LogP contribution in [0.1, 0.15) is 40.4 Å². The van der Waals surface area contributed by atoms with E-state index in [0.717, 1.165) is 17.5 Å². The Kier molecular flexibility index (Phi) is 5.36. The molecule has 2 aromatic carbocycles. The number of ether oxygens (including phenoxy) is 1. The maximum Gasteiger partial charge on any atom is 0.335 e. The Labute approximate surface area is 150 Å². The van der Waals surface area contributed by atoms with E-state index in [4.69, 9.17) is 9.84 Å². The van der Waals surface area contributed by atoms with Gasteiger partial charge in [0, 0.05) is 18.2 Å². The first kappa shape index (κ1) is 17.7. The Morgan fingerprint density at radius 3 is 2.69 bits per heavy atom. The van der Waals surface area contributed by atoms with Gasteiger partial charge in [0.15, 0.2) is 0 Å². The van der Waals surface area contributed by atoms with E-state index >= 15 is 0 Å². The Balaban J connectivity index is 1.60. The number of urea groups is 1. The van der Waals surface area contributed by atoms with Gasteiger partial charge in [-0.15, -0.1) is 0 Å². The number of carbonyl (C=O) groups excluding carboxylic acids is 1. The molecule has 1 aliphatic heterocycles. The molecule has 0 saturated carbocycles. The van der Waals surface area contributed by atoms with Crippen molar-refractivity contribution in [2.45, 2.75) is 25.4 Å². The minimum atomic E-state index is -0.993. The number of nitrogens with one attached hydrogen (secondary N) is 2. The third-order valence-electron chi connectivity index (χ3n) is 4.21. The maximum absolute atomic E-state index is 13.4. The van der Waals surface area contributed by atoms with E-state index in [1.807, 2.05) is 0 Å². The molecule has 1 heterocycles. The number of fused-ring (bicyclic) bond motifs is 1. The Morgan fingerprint density at radius 1 is 1.19 bits per heavy atom. The fraction of sp³-hybridized carbons (Fsp3) is 0.263. The topological polar surface area (TPSA) is 87.7 Å². The molecule has 0 aliphatic carbocycles. The molecule has 2 amide bonds. The van der Waals surface area contributed by atoms with Crippen molar-refractivity contribution in [1.82, 2.24) is 10.6 Å². The molecule has 0 aromatic heterocycles. The van der Waals surface area contributed by atoms with E-state index in [-0.39, 0.29) is 30.0 Å². The van der Waals surface area contributed by atoms with Crippen LogP contribution in [-0.2, 0) is 6.54 Å². The third-order valence-corrected chi connectivity index (χ3v) is 4.21. The molecule has 1 aliphatic rings. The predicted molar refractivity (Wildman–Crippen MR) is 92.6 cm³/mol. The second-order valence-corrected chi connectivity index (χ2v) is 6.05. The highest BCUT2D eigenvalue weighted by atomic mass is 19.1. The monoisotopic (exact) mass is 358 g/mol. The normalized spacial score (nSPS) is 16.0. The molecule has 0 spiro atoms. The van der Waals surface area contributed by atoms with Gasteiger partial charge in [0.1, 0.15) is 11.6 Å². The van der Waals surface area contributed by atoms with E-state index in [1.54, 1.807) is 18.2 Å². The smallest absolute Gasteiger partial charge is 0.335 e. The summed E-state index contributed by atoms with van der Waals surface area (Å²) < 4.78 is 18.9. The van der Waals surface area contributed by atoms with Gasteiger partial charge in [0.2, 0.25) is 0 Å². The van der Waals surface area contributed by atoms with Crippen molar-refractivity contribution in [3.8, 4) is 5.75 Å². The summed E-state index contributed by atoms with van der Waals surface area (Å²) in [5.74, 6) is -0.913. The summed E-state index contributed by atoms with van der Waals surface area (Å²) in [5.41, 5.74) is 1.74. The fourth-order valence-corrected chi connectivity index (χ4v) is 2.85. The zero-order valence-corrected chi connectivity index (χ0v) is 14.0. The molecule has 0 radical (unpaired) electrons. The standard InChI is InChI=1S/C19H19FN2O4/c20-14-7-8-15-16(2-1-9-26-17(15)10-14)22-19(25)21-11-12-3-5-13(6-4-12)18(23)24/h3-8,10,16H,1-2,9,11H2,(H,23,24)(H2,21,22,25). The third kappa shape index (κ3) is 4.30. The molecule has 6 nitrogen and oxygen atoms in total. The molecule has 26 heavy (non-hydrogen) atoms. The lowest BCUT2D eigenvalue weighted by Gasteiger charge is -2.19. The van der Waals surface area contributed by atoms with Crippen LogP contribution in [0.15, 0.2) is 42.5 Å². The number of carboxylic acid groups (broad SMARTS) is 1. The lowest BCUT2D eigenvalue weighted by Crippen LogP contribution is -2.37. The van der Waals surface area contributed by atoms with Crippen LogP contribution in [0.5, 0.6) is 5.75 Å². The van der Waals surface area contributed by atoms with Gasteiger partial charge in [-0.1, -0.05) is 18.2 Å². The summed E-state index contributed by atoms with van der Waals surface area (Å²) in [7, 11) is 0. The zero-order valence-electron chi connectivity index (χ0n) is 14.0. The molecule has 0 fully saturated rings. The van der Waals surface area contributed by atoms with Gasteiger partial charge in [-0.25, -0.2) is 14.0 Å². The number of halogens is 1. The summed E-state index contributed by atoms with van der Waals surface area (Å²) in [5, 5.41) is 14.5. The minimum absolute atomic E-state index is 0.195. The molecule has 1 unspecified atom stereocenters. The molecule has 3 rings (SSSR count). The van der Waals surface area contributed by atoms with Gasteiger partial charge >= 0.3 is 12.0 Å². The highest BCUT2D eigenvalue weighted by Crippen LogP contribution is 2.31. The molecule has 0 bridgehead atoms. The summed E-state index contributed by atoms with van der Waals surface area (Å²) in [4.78, 5) is 23.1. The van der Waals surface area contributed by atoms with Crippen LogP contribution in [0.3, 0.4) is 0 Å². The number of aromatic carboxylic acids is 1. The summed E-state index contributed by atoms with van der Waals surface area (Å²) in [6.45, 7) is 0.747. The van der Waals surface area contributed by atoms with Crippen molar-refractivity contribution in [2.24, 2.45) is 0 Å². The first-order valence-corrected chi connectivity index (χ1v) is 8.32. The van der Waals surface area contributed by atoms with Gasteiger partial charge in [-0.2, -0.15) is 0 Å². The van der Waals surface area contributed by atoms with E-state index in [9.17, 15) is 14.0 Å². The number of carboxylic acids is 1. The van der Waals surface area contributed by atoms with Crippen molar-refractivity contribution in [2.75, 3.05) is 6.61 Å². The van der Waals surface area contributed by atoms with E-state index in [0.29, 0.717) is 18.8 Å². The quantitative estimate of drug-likeness (QED) is 0.783. The van der Waals surface area contributed by atoms with E-state index in [2.05, 4.69) is 10.6 Å². The van der Waals surface area contributed by atoms with E-state index in [1.165, 1.54) is 24.3 Å². The van der Waals surface area contributed by atoms with Crippen LogP contribution in [0.2, 0.25) is 0 Å². The predicted octanol–water partition coefficient (Wildman–Crippen LogP) is 3.24. The Hall–Kier alpha value is -3.09. The number of amides is 2. The number of benzene rings is 2. The molecule has 0 saturated heterocycles. The lowest BCUT2D eigenvalue weighted by atomic mass is 10.0. The lowest BCUT2D eigenvalue weighted by molar-refractivity contribution is 0.0697. The van der Waals surface area contributed by atoms with Crippen molar-refractivity contribution in [1.29, 1.82) is 0 Å². The van der Waals surface area contributed by atoms with Crippen LogP contribution >= 0.6 is 0 Å². The molecule has 2 aromatic rings. The van der Waals surface area contributed by atoms with Gasteiger partial charge in [-0.05, 0) is 36.6 Å². The number of hydrogen-bond acceptors (Lipinski definition) is 3. The molecule has 3 N–H and O–H groups in total. The van der Waals surface area contributed by atoms with Crippen molar-refractivity contribution < 1.29 is 23.8 Å². The van der Waals surface area contributed by atoms with Crippen molar-refractivity contribution >= 4 is 12.0 Å². The van der Waals surface area contributed by atoms with E-state index < -0.39 is 5.97 Å². The molecule has 7 heteroatoms. The SMILES string of the molecule is O=C(NCc1ccc(C(=O)O)cc1)NC1CCCOc2cc(F)ccc21. The van der Waals surface area contributed by atoms with Crippen LogP contribution in [0.25, 0.3) is 0 Å². The maximum atomic E-state index is 13.4. The summed E-state index contributed by atoms with van der Waals surface area (Å²) in [6.07, 6.45) is 1.44. The van der Waals surface area contributed by atoms with Crippen molar-refractivity contribution in [3.05, 3.63) is 65.0 Å². The molecule has 136 valence electrons. The molecular formula is C19H19FN2O4.